The molecule has 0 aromatic heterocycles. The molecule has 2 aromatic rings. The highest BCUT2D eigenvalue weighted by Gasteiger charge is 2.24. The lowest BCUT2D eigenvalue weighted by Gasteiger charge is -2.15. The van der Waals surface area contributed by atoms with E-state index in [1.54, 1.807) is 23.1 Å². The maximum atomic E-state index is 12.0. The third kappa shape index (κ3) is 6.87. The fourth-order valence-electron chi connectivity index (χ4n) is 3.32. The minimum Gasteiger partial charge on any atom is -0.494 e. The molecule has 1 fully saturated rings. The molecule has 34 heavy (non-hydrogen) atoms. The molecule has 9 heteroatoms. The monoisotopic (exact) mass is 470 g/mol. The van der Waals surface area contributed by atoms with Crippen LogP contribution in [-0.4, -0.2) is 57.9 Å². The Hall–Kier alpha value is -3.75. The Morgan fingerprint density at radius 2 is 1.91 bits per heavy atom. The molecule has 1 amide bonds. The van der Waals surface area contributed by atoms with Crippen molar-refractivity contribution in [2.45, 2.75) is 26.7 Å². The average molecular weight is 471 g/mol. The minimum absolute atomic E-state index is 0.0995. The van der Waals surface area contributed by atoms with Gasteiger partial charge in [-0.25, -0.2) is 4.79 Å². The number of anilines is 1. The van der Waals surface area contributed by atoms with E-state index in [0.717, 1.165) is 12.0 Å². The van der Waals surface area contributed by atoms with Crippen LogP contribution < -0.4 is 14.4 Å². The molecule has 0 unspecified atom stereocenters. The molecule has 0 radical (unpaired) electrons. The summed E-state index contributed by atoms with van der Waals surface area (Å²) in [6.07, 6.45) is 0.535. The van der Waals surface area contributed by atoms with Gasteiger partial charge in [0.25, 0.3) is 0 Å². The van der Waals surface area contributed by atoms with Gasteiger partial charge in [-0.15, -0.1) is 0 Å². The van der Waals surface area contributed by atoms with Crippen LogP contribution in [0.25, 0.3) is 0 Å². The molecular weight excluding hydrogens is 440 g/mol. The van der Waals surface area contributed by atoms with E-state index in [1.165, 1.54) is 7.11 Å². The molecule has 0 N–H and O–H groups in total. The third-order valence-corrected chi connectivity index (χ3v) is 4.92. The number of oxime groups is 1. The lowest BCUT2D eigenvalue weighted by molar-refractivity contribution is -0.139. The number of methoxy groups -OCH3 is 1. The average Bonchev–Trinajstić information content (AvgIpc) is 3.27. The Bertz CT molecular complexity index is 1020. The number of hydrogen-bond acceptors (Lipinski definition) is 8. The van der Waals surface area contributed by atoms with Crippen LogP contribution in [0.2, 0.25) is 0 Å². The van der Waals surface area contributed by atoms with Crippen LogP contribution in [-0.2, 0) is 25.5 Å². The molecule has 0 saturated carbocycles. The molecule has 0 spiro atoms. The van der Waals surface area contributed by atoms with Gasteiger partial charge in [0.2, 0.25) is 0 Å². The minimum atomic E-state index is -0.375. The fraction of sp³-hybridized carbons (Fsp3) is 0.400. The number of carbonyl (C=O) groups excluding carboxylic acids is 2. The molecule has 1 heterocycles. The molecule has 0 bridgehead atoms. The standard InChI is InChI=1S/C25H30N2O7/c1-4-10-34-26-23(19-7-6-8-20(15-19)27-9-11-32-25(27)29)17-33-22-13-18(14-24(28)30-3)12-21(16-22)31-5-2/h6-8,12-13,15-16H,4-5,9-11,14,17H2,1-3H3/b26-23+. The van der Waals surface area contributed by atoms with Gasteiger partial charge in [-0.1, -0.05) is 24.2 Å². The first-order valence-corrected chi connectivity index (χ1v) is 11.2. The second-order valence-electron chi connectivity index (χ2n) is 7.47. The van der Waals surface area contributed by atoms with E-state index in [1.807, 2.05) is 38.1 Å². The Morgan fingerprint density at radius 1 is 1.12 bits per heavy atom. The highest BCUT2D eigenvalue weighted by atomic mass is 16.6. The number of benzene rings is 2. The van der Waals surface area contributed by atoms with Gasteiger partial charge in [-0.2, -0.15) is 0 Å². The summed E-state index contributed by atoms with van der Waals surface area (Å²) in [6, 6.07) is 12.7. The van der Waals surface area contributed by atoms with E-state index in [4.69, 9.17) is 23.8 Å². The van der Waals surface area contributed by atoms with Gasteiger partial charge in [-0.05, 0) is 43.2 Å². The molecular formula is C25H30N2O7. The van der Waals surface area contributed by atoms with Gasteiger partial charge in [0.1, 0.15) is 37.0 Å². The zero-order valence-electron chi connectivity index (χ0n) is 19.7. The smallest absolute Gasteiger partial charge is 0.414 e. The summed E-state index contributed by atoms with van der Waals surface area (Å²) in [5.74, 6) is 0.758. The Balaban J connectivity index is 1.82. The maximum absolute atomic E-state index is 12.0. The number of amides is 1. The van der Waals surface area contributed by atoms with Crippen LogP contribution in [0.3, 0.4) is 0 Å². The van der Waals surface area contributed by atoms with Crippen LogP contribution in [0.15, 0.2) is 47.6 Å². The van der Waals surface area contributed by atoms with Gasteiger partial charge < -0.3 is 23.8 Å². The number of ether oxygens (including phenoxy) is 4. The second-order valence-corrected chi connectivity index (χ2v) is 7.47. The van der Waals surface area contributed by atoms with Crippen LogP contribution >= 0.6 is 0 Å². The van der Waals surface area contributed by atoms with Crippen LogP contribution in [0.1, 0.15) is 31.4 Å². The van der Waals surface area contributed by atoms with Crippen molar-refractivity contribution in [1.29, 1.82) is 0 Å². The van der Waals surface area contributed by atoms with Gasteiger partial charge in [0.05, 0.1) is 26.7 Å². The topological polar surface area (TPSA) is 95.9 Å². The van der Waals surface area contributed by atoms with Crippen molar-refractivity contribution in [3.8, 4) is 11.5 Å². The van der Waals surface area contributed by atoms with Crippen LogP contribution in [0, 0.1) is 0 Å². The second kappa shape index (κ2) is 12.5. The number of rotatable bonds is 12. The first kappa shape index (κ1) is 24.9. The third-order valence-electron chi connectivity index (χ3n) is 4.92. The SMILES string of the molecule is CCCO/N=C(\COc1cc(CC(=O)OC)cc(OCC)c1)c1cccc(N2CCOC2=O)c1. The molecule has 1 saturated heterocycles. The summed E-state index contributed by atoms with van der Waals surface area (Å²) in [5, 5.41) is 4.28. The van der Waals surface area contributed by atoms with Crippen molar-refractivity contribution in [2.75, 3.05) is 45.0 Å². The lowest BCUT2D eigenvalue weighted by atomic mass is 10.1. The first-order valence-electron chi connectivity index (χ1n) is 11.2. The largest absolute Gasteiger partial charge is 0.494 e. The zero-order valence-corrected chi connectivity index (χ0v) is 19.7. The van der Waals surface area contributed by atoms with E-state index >= 15 is 0 Å². The van der Waals surface area contributed by atoms with Crippen molar-refractivity contribution in [2.24, 2.45) is 5.16 Å². The van der Waals surface area contributed by atoms with Crippen molar-refractivity contribution < 1.29 is 33.4 Å². The number of carbonyl (C=O) groups is 2. The summed E-state index contributed by atoms with van der Waals surface area (Å²) in [5.41, 5.74) is 2.73. The molecule has 0 aliphatic carbocycles. The van der Waals surface area contributed by atoms with Gasteiger partial charge >= 0.3 is 12.1 Å². The number of cyclic esters (lactones) is 1. The highest BCUT2D eigenvalue weighted by molar-refractivity contribution is 6.03. The molecule has 1 aliphatic rings. The Morgan fingerprint density at radius 3 is 2.59 bits per heavy atom. The van der Waals surface area contributed by atoms with E-state index in [-0.39, 0.29) is 25.1 Å². The van der Waals surface area contributed by atoms with Gasteiger partial charge in [-0.3, -0.25) is 9.69 Å². The summed E-state index contributed by atoms with van der Waals surface area (Å²) in [7, 11) is 1.35. The predicted molar refractivity (Wildman–Crippen MR) is 127 cm³/mol. The lowest BCUT2D eigenvalue weighted by Crippen LogP contribution is -2.24. The predicted octanol–water partition coefficient (Wildman–Crippen LogP) is 3.97. The zero-order chi connectivity index (χ0) is 24.3. The van der Waals surface area contributed by atoms with Crippen LogP contribution in [0.4, 0.5) is 10.5 Å². The first-order chi connectivity index (χ1) is 16.5. The van der Waals surface area contributed by atoms with Crippen molar-refractivity contribution in [1.82, 2.24) is 0 Å². The normalized spacial score (nSPS) is 13.4. The fourth-order valence-corrected chi connectivity index (χ4v) is 3.32. The van der Waals surface area contributed by atoms with Crippen molar-refractivity contribution in [3.05, 3.63) is 53.6 Å². The van der Waals surface area contributed by atoms with Crippen LogP contribution in [0.5, 0.6) is 11.5 Å². The van der Waals surface area contributed by atoms with Gasteiger partial charge in [0.15, 0.2) is 0 Å². The van der Waals surface area contributed by atoms with Gasteiger partial charge in [0, 0.05) is 17.3 Å². The highest BCUT2D eigenvalue weighted by Crippen LogP contribution is 2.25. The van der Waals surface area contributed by atoms with Crippen molar-refractivity contribution in [3.63, 3.8) is 0 Å². The number of esters is 1. The summed E-state index contributed by atoms with van der Waals surface area (Å²) in [6.45, 7) is 5.77. The quantitative estimate of drug-likeness (QED) is 0.200. The molecule has 0 atom stereocenters. The summed E-state index contributed by atoms with van der Waals surface area (Å²) < 4.78 is 21.5. The molecule has 1 aliphatic heterocycles. The van der Waals surface area contributed by atoms with E-state index < -0.39 is 0 Å². The van der Waals surface area contributed by atoms with Crippen molar-refractivity contribution >= 4 is 23.5 Å². The number of nitrogens with zero attached hydrogens (tertiary/aromatic N) is 2. The molecule has 3 rings (SSSR count). The Kier molecular flexibility index (Phi) is 9.13. The Labute approximate surface area is 199 Å². The van der Waals surface area contributed by atoms with E-state index in [9.17, 15) is 9.59 Å². The number of hydrogen-bond donors (Lipinski definition) is 0. The molecule has 182 valence electrons. The molecule has 2 aromatic carbocycles. The van der Waals surface area contributed by atoms with E-state index in [0.29, 0.717) is 54.8 Å². The summed E-state index contributed by atoms with van der Waals surface area (Å²) in [4.78, 5) is 30.7. The summed E-state index contributed by atoms with van der Waals surface area (Å²) >= 11 is 0. The van der Waals surface area contributed by atoms with E-state index in [2.05, 4.69) is 5.16 Å². The molecule has 9 nitrogen and oxygen atoms in total. The maximum Gasteiger partial charge on any atom is 0.414 e.